The van der Waals surface area contributed by atoms with Crippen molar-refractivity contribution in [3.05, 3.63) is 23.3 Å². The van der Waals surface area contributed by atoms with Gasteiger partial charge in [0.25, 0.3) is 0 Å². The van der Waals surface area contributed by atoms with Gasteiger partial charge in [0, 0.05) is 11.6 Å². The fourth-order valence-electron chi connectivity index (χ4n) is 1.84. The molecule has 1 aliphatic rings. The number of ether oxygens (including phenoxy) is 1. The lowest BCUT2D eigenvalue weighted by Crippen LogP contribution is -2.06. The Kier molecular flexibility index (Phi) is 2.35. The van der Waals surface area contributed by atoms with Gasteiger partial charge in [-0.15, -0.1) is 0 Å². The maximum Gasteiger partial charge on any atom is 0.125 e. The minimum atomic E-state index is -0.791. The molecule has 0 radical (unpaired) electrons. The van der Waals surface area contributed by atoms with Crippen LogP contribution in [0, 0.1) is 0 Å². The number of phenolic OH excluding ortho intramolecular Hbond substituents is 1. The summed E-state index contributed by atoms with van der Waals surface area (Å²) in [5, 5.41) is 19.7. The van der Waals surface area contributed by atoms with E-state index in [0.29, 0.717) is 11.3 Å². The second-order valence-electron chi connectivity index (χ2n) is 4.07. The summed E-state index contributed by atoms with van der Waals surface area (Å²) in [5.74, 6) is 0.812. The highest BCUT2D eigenvalue weighted by molar-refractivity contribution is 5.49. The number of hydrogen-bond acceptors (Lipinski definition) is 3. The number of aliphatic hydroxyl groups is 1. The SMILES string of the molecule is CCc1cc(C2(O)CC2)c(O)cc1OC. The summed E-state index contributed by atoms with van der Waals surface area (Å²) in [4.78, 5) is 0. The number of hydrogen-bond donors (Lipinski definition) is 2. The molecule has 0 bridgehead atoms. The topological polar surface area (TPSA) is 49.7 Å². The van der Waals surface area contributed by atoms with Crippen molar-refractivity contribution < 1.29 is 14.9 Å². The zero-order chi connectivity index (χ0) is 11.1. The molecular formula is C12H16O3. The highest BCUT2D eigenvalue weighted by Gasteiger charge is 2.44. The van der Waals surface area contributed by atoms with Crippen LogP contribution in [0.5, 0.6) is 11.5 Å². The molecule has 2 rings (SSSR count). The molecule has 0 aliphatic heterocycles. The maximum atomic E-state index is 9.96. The van der Waals surface area contributed by atoms with E-state index in [1.807, 2.05) is 13.0 Å². The summed E-state index contributed by atoms with van der Waals surface area (Å²) >= 11 is 0. The molecule has 1 fully saturated rings. The van der Waals surface area contributed by atoms with Gasteiger partial charge in [0.1, 0.15) is 11.5 Å². The molecule has 3 nitrogen and oxygen atoms in total. The van der Waals surface area contributed by atoms with Crippen molar-refractivity contribution >= 4 is 0 Å². The van der Waals surface area contributed by atoms with Crippen molar-refractivity contribution in [3.63, 3.8) is 0 Å². The van der Waals surface area contributed by atoms with Gasteiger partial charge in [-0.2, -0.15) is 0 Å². The summed E-state index contributed by atoms with van der Waals surface area (Å²) in [6, 6.07) is 3.44. The summed E-state index contributed by atoms with van der Waals surface area (Å²) < 4.78 is 5.16. The van der Waals surface area contributed by atoms with Crippen LogP contribution < -0.4 is 4.74 Å². The monoisotopic (exact) mass is 208 g/mol. The third-order valence-electron chi connectivity index (χ3n) is 3.00. The second-order valence-corrected chi connectivity index (χ2v) is 4.07. The minimum absolute atomic E-state index is 0.129. The summed E-state index contributed by atoms with van der Waals surface area (Å²) in [6.07, 6.45) is 2.29. The van der Waals surface area contributed by atoms with Gasteiger partial charge >= 0.3 is 0 Å². The predicted molar refractivity (Wildman–Crippen MR) is 57.2 cm³/mol. The van der Waals surface area contributed by atoms with E-state index in [-0.39, 0.29) is 5.75 Å². The molecule has 82 valence electrons. The Morgan fingerprint density at radius 1 is 1.40 bits per heavy atom. The lowest BCUT2D eigenvalue weighted by molar-refractivity contribution is 0.147. The van der Waals surface area contributed by atoms with E-state index in [4.69, 9.17) is 4.74 Å². The molecule has 0 amide bonds. The highest BCUT2D eigenvalue weighted by atomic mass is 16.5. The number of aryl methyl sites for hydroxylation is 1. The molecule has 1 aromatic carbocycles. The fourth-order valence-corrected chi connectivity index (χ4v) is 1.84. The molecule has 3 heteroatoms. The third kappa shape index (κ3) is 1.67. The summed E-state index contributed by atoms with van der Waals surface area (Å²) in [7, 11) is 1.58. The molecule has 0 saturated heterocycles. The van der Waals surface area contributed by atoms with Gasteiger partial charge in [-0.1, -0.05) is 6.92 Å². The van der Waals surface area contributed by atoms with Gasteiger partial charge in [0.15, 0.2) is 0 Å². The highest BCUT2D eigenvalue weighted by Crippen LogP contribution is 2.49. The van der Waals surface area contributed by atoms with E-state index in [0.717, 1.165) is 24.8 Å². The van der Waals surface area contributed by atoms with Crippen molar-refractivity contribution in [2.75, 3.05) is 7.11 Å². The van der Waals surface area contributed by atoms with Crippen LogP contribution in [0.4, 0.5) is 0 Å². The van der Waals surface area contributed by atoms with Crippen LogP contribution in [-0.2, 0) is 12.0 Å². The van der Waals surface area contributed by atoms with Crippen molar-refractivity contribution in [2.24, 2.45) is 0 Å². The van der Waals surface area contributed by atoms with Crippen LogP contribution in [-0.4, -0.2) is 17.3 Å². The first-order valence-corrected chi connectivity index (χ1v) is 5.23. The first-order valence-electron chi connectivity index (χ1n) is 5.23. The van der Waals surface area contributed by atoms with Gasteiger partial charge in [-0.3, -0.25) is 0 Å². The van der Waals surface area contributed by atoms with Crippen LogP contribution in [0.25, 0.3) is 0 Å². The van der Waals surface area contributed by atoms with Crippen LogP contribution in [0.15, 0.2) is 12.1 Å². The molecule has 0 spiro atoms. The van der Waals surface area contributed by atoms with Gasteiger partial charge in [-0.25, -0.2) is 0 Å². The van der Waals surface area contributed by atoms with Gasteiger partial charge < -0.3 is 14.9 Å². The molecule has 1 aromatic rings. The molecule has 0 unspecified atom stereocenters. The van der Waals surface area contributed by atoms with E-state index >= 15 is 0 Å². The molecule has 0 heterocycles. The van der Waals surface area contributed by atoms with Gasteiger partial charge in [-0.05, 0) is 30.9 Å². The smallest absolute Gasteiger partial charge is 0.125 e. The number of benzene rings is 1. The van der Waals surface area contributed by atoms with Gasteiger partial charge in [0.2, 0.25) is 0 Å². The van der Waals surface area contributed by atoms with E-state index < -0.39 is 5.60 Å². The number of aromatic hydroxyl groups is 1. The van der Waals surface area contributed by atoms with E-state index in [9.17, 15) is 10.2 Å². The average Bonchev–Trinajstić information content (AvgIpc) is 2.96. The Bertz CT molecular complexity index is 381. The Morgan fingerprint density at radius 2 is 2.07 bits per heavy atom. The zero-order valence-electron chi connectivity index (χ0n) is 9.08. The van der Waals surface area contributed by atoms with Crippen LogP contribution >= 0.6 is 0 Å². The van der Waals surface area contributed by atoms with E-state index in [2.05, 4.69) is 0 Å². The van der Waals surface area contributed by atoms with Crippen molar-refractivity contribution in [3.8, 4) is 11.5 Å². The van der Waals surface area contributed by atoms with E-state index in [1.165, 1.54) is 0 Å². The Morgan fingerprint density at radius 3 is 2.53 bits per heavy atom. The first kappa shape index (κ1) is 10.3. The molecule has 15 heavy (non-hydrogen) atoms. The maximum absolute atomic E-state index is 9.96. The Balaban J connectivity index is 2.48. The Hall–Kier alpha value is -1.22. The Labute approximate surface area is 89.3 Å². The van der Waals surface area contributed by atoms with Crippen LogP contribution in [0.1, 0.15) is 30.9 Å². The minimum Gasteiger partial charge on any atom is -0.507 e. The van der Waals surface area contributed by atoms with Crippen LogP contribution in [0.2, 0.25) is 0 Å². The molecule has 1 saturated carbocycles. The van der Waals surface area contributed by atoms with E-state index in [1.54, 1.807) is 13.2 Å². The van der Waals surface area contributed by atoms with Gasteiger partial charge in [0.05, 0.1) is 12.7 Å². The lowest BCUT2D eigenvalue weighted by Gasteiger charge is -2.14. The number of phenols is 1. The molecule has 0 aromatic heterocycles. The number of rotatable bonds is 3. The normalized spacial score (nSPS) is 17.5. The summed E-state index contributed by atoms with van der Waals surface area (Å²) in [5.41, 5.74) is 0.867. The molecule has 0 atom stereocenters. The molecule has 1 aliphatic carbocycles. The fraction of sp³-hybridized carbons (Fsp3) is 0.500. The standard InChI is InChI=1S/C12H16O3/c1-3-8-6-9(12(14)4-5-12)10(13)7-11(8)15-2/h6-7,13-14H,3-5H2,1-2H3. The van der Waals surface area contributed by atoms with Crippen molar-refractivity contribution in [2.45, 2.75) is 31.8 Å². The molecular weight excluding hydrogens is 192 g/mol. The average molecular weight is 208 g/mol. The van der Waals surface area contributed by atoms with Crippen LogP contribution in [0.3, 0.4) is 0 Å². The predicted octanol–water partition coefficient (Wildman–Crippen LogP) is 1.94. The quantitative estimate of drug-likeness (QED) is 0.798. The summed E-state index contributed by atoms with van der Waals surface area (Å²) in [6.45, 7) is 2.02. The van der Waals surface area contributed by atoms with Crippen molar-refractivity contribution in [1.29, 1.82) is 0 Å². The van der Waals surface area contributed by atoms with Crippen molar-refractivity contribution in [1.82, 2.24) is 0 Å². The third-order valence-corrected chi connectivity index (χ3v) is 3.00. The lowest BCUT2D eigenvalue weighted by atomic mass is 10.0. The second kappa shape index (κ2) is 3.42. The molecule has 2 N–H and O–H groups in total. The first-order chi connectivity index (χ1) is 7.10. The largest absolute Gasteiger partial charge is 0.507 e. The number of methoxy groups -OCH3 is 1. The zero-order valence-corrected chi connectivity index (χ0v) is 9.08.